The second kappa shape index (κ2) is 6.54. The molecule has 2 aliphatic rings. The highest BCUT2D eigenvalue weighted by molar-refractivity contribution is 7.89. The first-order valence-corrected chi connectivity index (χ1v) is 9.78. The quantitative estimate of drug-likeness (QED) is 0.853. The van der Waals surface area contributed by atoms with Crippen molar-refractivity contribution in [2.24, 2.45) is 5.92 Å². The van der Waals surface area contributed by atoms with Crippen LogP contribution >= 0.6 is 0 Å². The van der Waals surface area contributed by atoms with Crippen molar-refractivity contribution in [3.05, 3.63) is 18.3 Å². The van der Waals surface area contributed by atoms with E-state index in [1.807, 2.05) is 6.07 Å². The van der Waals surface area contributed by atoms with Crippen LogP contribution in [0, 0.1) is 5.92 Å². The molecule has 1 aromatic rings. The fraction of sp³-hybridized carbons (Fsp3) is 0.688. The normalized spacial score (nSPS) is 22.0. The minimum Gasteiger partial charge on any atom is -0.262 e. The summed E-state index contributed by atoms with van der Waals surface area (Å²) in [5.74, 6) is 1.81. The van der Waals surface area contributed by atoms with Gasteiger partial charge in [-0.25, -0.2) is 13.4 Å². The Morgan fingerprint density at radius 2 is 1.73 bits per heavy atom. The summed E-state index contributed by atoms with van der Waals surface area (Å²) in [7, 11) is -3.33. The van der Waals surface area contributed by atoms with E-state index in [-0.39, 0.29) is 0 Å². The van der Waals surface area contributed by atoms with E-state index in [4.69, 9.17) is 0 Å². The summed E-state index contributed by atoms with van der Waals surface area (Å²) in [6.45, 7) is 5.66. The number of aromatic nitrogens is 1. The Balaban J connectivity index is 1.73. The number of pyridine rings is 1. The standard InChI is InChI=1S/C16H25N3O2S/c1-14-7-11-18(12-8-14)16-6-5-15(13-17-16)22(20,21)19-9-3-2-4-10-19/h5-6,13-14H,2-4,7-12H2,1H3/p+1. The number of hydrogen-bond donors (Lipinski definition) is 0. The summed E-state index contributed by atoms with van der Waals surface area (Å²) in [5, 5.41) is 0. The number of piperidine rings is 2. The van der Waals surface area contributed by atoms with Gasteiger partial charge in [-0.1, -0.05) is 13.3 Å². The van der Waals surface area contributed by atoms with Gasteiger partial charge in [0.1, 0.15) is 11.1 Å². The average molecular weight is 324 g/mol. The molecule has 0 atom stereocenters. The van der Waals surface area contributed by atoms with Crippen molar-refractivity contribution < 1.29 is 13.4 Å². The van der Waals surface area contributed by atoms with Gasteiger partial charge in [0.15, 0.2) is 0 Å². The lowest BCUT2D eigenvalue weighted by atomic mass is 9.99. The highest BCUT2D eigenvalue weighted by atomic mass is 32.2. The van der Waals surface area contributed by atoms with Crippen LogP contribution in [0.5, 0.6) is 0 Å². The Morgan fingerprint density at radius 1 is 1.05 bits per heavy atom. The maximum atomic E-state index is 12.6. The van der Waals surface area contributed by atoms with Crippen LogP contribution in [0.25, 0.3) is 0 Å². The molecule has 0 saturated carbocycles. The smallest absolute Gasteiger partial charge is 0.262 e. The summed E-state index contributed by atoms with van der Waals surface area (Å²) in [6, 6.07) is 3.65. The Morgan fingerprint density at radius 3 is 2.32 bits per heavy atom. The zero-order valence-corrected chi connectivity index (χ0v) is 14.1. The molecule has 3 heterocycles. The molecular weight excluding hydrogens is 298 g/mol. The van der Waals surface area contributed by atoms with Crippen LogP contribution in [0.4, 0.5) is 5.82 Å². The summed E-state index contributed by atoms with van der Waals surface area (Å²) in [5.41, 5.74) is 0. The van der Waals surface area contributed by atoms with Gasteiger partial charge in [0.05, 0.1) is 13.1 Å². The van der Waals surface area contributed by atoms with E-state index in [0.29, 0.717) is 18.0 Å². The topological polar surface area (TPSA) is 54.8 Å². The van der Waals surface area contributed by atoms with Crippen LogP contribution in [0.15, 0.2) is 23.2 Å². The third-order valence-corrected chi connectivity index (χ3v) is 6.74. The number of H-pyrrole nitrogens is 1. The number of anilines is 1. The van der Waals surface area contributed by atoms with E-state index < -0.39 is 10.0 Å². The fourth-order valence-electron chi connectivity index (χ4n) is 3.26. The van der Waals surface area contributed by atoms with E-state index in [0.717, 1.165) is 44.1 Å². The van der Waals surface area contributed by atoms with Crippen LogP contribution in [0.2, 0.25) is 0 Å². The molecule has 2 fully saturated rings. The minimum absolute atomic E-state index is 0.378. The van der Waals surface area contributed by atoms with Crippen LogP contribution < -0.4 is 9.88 Å². The van der Waals surface area contributed by atoms with Crippen molar-refractivity contribution in [1.82, 2.24) is 4.31 Å². The lowest BCUT2D eigenvalue weighted by Gasteiger charge is -2.26. The summed E-state index contributed by atoms with van der Waals surface area (Å²) in [4.78, 5) is 5.87. The monoisotopic (exact) mass is 324 g/mol. The lowest BCUT2D eigenvalue weighted by molar-refractivity contribution is -0.367. The van der Waals surface area contributed by atoms with Crippen molar-refractivity contribution in [2.45, 2.75) is 43.9 Å². The molecule has 2 saturated heterocycles. The lowest BCUT2D eigenvalue weighted by Crippen LogP contribution is -2.38. The molecule has 0 bridgehead atoms. The first-order valence-electron chi connectivity index (χ1n) is 8.34. The molecule has 1 N–H and O–H groups in total. The second-order valence-corrected chi connectivity index (χ2v) is 8.48. The number of hydrogen-bond acceptors (Lipinski definition) is 3. The largest absolute Gasteiger partial charge is 0.274 e. The van der Waals surface area contributed by atoms with Crippen molar-refractivity contribution in [1.29, 1.82) is 0 Å². The third-order valence-electron chi connectivity index (χ3n) is 4.84. The van der Waals surface area contributed by atoms with Gasteiger partial charge in [0, 0.05) is 19.2 Å². The molecule has 2 aliphatic heterocycles. The van der Waals surface area contributed by atoms with E-state index in [1.165, 1.54) is 12.8 Å². The van der Waals surface area contributed by atoms with Gasteiger partial charge in [-0.2, -0.15) is 4.31 Å². The molecule has 3 rings (SSSR count). The highest BCUT2D eigenvalue weighted by Gasteiger charge is 2.28. The molecule has 0 spiro atoms. The number of rotatable bonds is 3. The molecule has 22 heavy (non-hydrogen) atoms. The number of nitrogens with zero attached hydrogens (tertiary/aromatic N) is 2. The maximum Gasteiger partial charge on any atom is 0.274 e. The van der Waals surface area contributed by atoms with Gasteiger partial charge >= 0.3 is 0 Å². The molecule has 1 aromatic heterocycles. The van der Waals surface area contributed by atoms with Gasteiger partial charge in [0.25, 0.3) is 5.82 Å². The maximum absolute atomic E-state index is 12.6. The Bertz CT molecular complexity index is 586. The summed E-state index contributed by atoms with van der Waals surface area (Å²) in [6.07, 6.45) is 7.10. The predicted octanol–water partition coefficient (Wildman–Crippen LogP) is 1.91. The molecule has 0 aliphatic carbocycles. The predicted molar refractivity (Wildman–Crippen MR) is 86.2 cm³/mol. The first kappa shape index (κ1) is 15.7. The highest BCUT2D eigenvalue weighted by Crippen LogP contribution is 2.22. The number of aromatic amines is 1. The molecule has 0 radical (unpaired) electrons. The van der Waals surface area contributed by atoms with Crippen molar-refractivity contribution in [3.63, 3.8) is 0 Å². The average Bonchev–Trinajstić information content (AvgIpc) is 2.56. The van der Waals surface area contributed by atoms with Crippen molar-refractivity contribution >= 4 is 15.8 Å². The molecular formula is C16H26N3O2S+. The van der Waals surface area contributed by atoms with Crippen LogP contribution in [-0.4, -0.2) is 38.9 Å². The Hall–Kier alpha value is -1.14. The first-order chi connectivity index (χ1) is 10.6. The zero-order valence-electron chi connectivity index (χ0n) is 13.3. The molecule has 5 nitrogen and oxygen atoms in total. The zero-order chi connectivity index (χ0) is 15.6. The third kappa shape index (κ3) is 3.27. The van der Waals surface area contributed by atoms with Gasteiger partial charge < -0.3 is 0 Å². The van der Waals surface area contributed by atoms with Crippen molar-refractivity contribution in [2.75, 3.05) is 31.1 Å². The van der Waals surface area contributed by atoms with Crippen LogP contribution in [0.3, 0.4) is 0 Å². The van der Waals surface area contributed by atoms with Gasteiger partial charge in [-0.15, -0.1) is 0 Å². The van der Waals surface area contributed by atoms with E-state index in [1.54, 1.807) is 16.6 Å². The molecule has 0 unspecified atom stereocenters. The van der Waals surface area contributed by atoms with E-state index in [9.17, 15) is 8.42 Å². The fourth-order valence-corrected chi connectivity index (χ4v) is 4.75. The Labute approximate surface area is 133 Å². The number of nitrogens with one attached hydrogen (secondary N) is 1. The van der Waals surface area contributed by atoms with Gasteiger partial charge in [-0.3, -0.25) is 4.90 Å². The molecule has 6 heteroatoms. The minimum atomic E-state index is -3.33. The number of sulfonamides is 1. The summed E-state index contributed by atoms with van der Waals surface area (Å²) < 4.78 is 26.8. The summed E-state index contributed by atoms with van der Waals surface area (Å²) >= 11 is 0. The van der Waals surface area contributed by atoms with Crippen LogP contribution in [-0.2, 0) is 10.0 Å². The van der Waals surface area contributed by atoms with Crippen LogP contribution in [0.1, 0.15) is 39.0 Å². The SMILES string of the molecule is CC1CCN(c2ccc(S(=O)(=O)N3CCCCC3)c[nH+]2)CC1. The van der Waals surface area contributed by atoms with E-state index in [2.05, 4.69) is 16.8 Å². The van der Waals surface area contributed by atoms with Gasteiger partial charge in [0.2, 0.25) is 10.0 Å². The van der Waals surface area contributed by atoms with Gasteiger partial charge in [-0.05, 0) is 37.7 Å². The molecule has 122 valence electrons. The van der Waals surface area contributed by atoms with Crippen molar-refractivity contribution in [3.8, 4) is 0 Å². The molecule has 0 amide bonds. The Kier molecular flexibility index (Phi) is 4.68. The van der Waals surface area contributed by atoms with E-state index >= 15 is 0 Å². The second-order valence-electron chi connectivity index (χ2n) is 6.54. The molecule has 0 aromatic carbocycles.